The average molecular weight is 525 g/mol. The molecule has 1 N–H and O–H groups in total. The van der Waals surface area contributed by atoms with Crippen LogP contribution in [0.4, 0.5) is 5.69 Å². The van der Waals surface area contributed by atoms with E-state index < -0.39 is 5.91 Å². The van der Waals surface area contributed by atoms with Crippen molar-refractivity contribution in [3.05, 3.63) is 129 Å². The number of nitriles is 1. The van der Waals surface area contributed by atoms with Crippen LogP contribution in [-0.4, -0.2) is 5.91 Å². The minimum atomic E-state index is -0.430. The second-order valence-electron chi connectivity index (χ2n) is 8.44. The van der Waals surface area contributed by atoms with E-state index in [1.807, 2.05) is 73.7 Å². The zero-order valence-corrected chi connectivity index (χ0v) is 21.2. The molecule has 1 atom stereocenters. The SMILES string of the molecule is CC1=CC(/C=C(/C#N)C(=O)Nc2cccc(Br)c2)=C(C)[C@@H]1c1ccc(OCc2ccccc2)cc1. The summed E-state index contributed by atoms with van der Waals surface area (Å²) in [6.45, 7) is 4.64. The fraction of sp³-hybridized carbons (Fsp3) is 0.133. The van der Waals surface area contributed by atoms with Gasteiger partial charge in [0.1, 0.15) is 24.0 Å². The number of amides is 1. The molecule has 3 aromatic rings. The summed E-state index contributed by atoms with van der Waals surface area (Å²) in [5, 5.41) is 12.4. The molecule has 5 heteroatoms. The summed E-state index contributed by atoms with van der Waals surface area (Å²) in [5.74, 6) is 0.479. The van der Waals surface area contributed by atoms with Gasteiger partial charge in [-0.3, -0.25) is 4.79 Å². The molecule has 0 saturated carbocycles. The lowest BCUT2D eigenvalue weighted by Crippen LogP contribution is -2.13. The first-order chi connectivity index (χ1) is 16.9. The maximum Gasteiger partial charge on any atom is 0.266 e. The van der Waals surface area contributed by atoms with E-state index in [1.165, 1.54) is 0 Å². The van der Waals surface area contributed by atoms with Gasteiger partial charge in [-0.25, -0.2) is 0 Å². The van der Waals surface area contributed by atoms with Crippen molar-refractivity contribution in [3.8, 4) is 11.8 Å². The zero-order valence-electron chi connectivity index (χ0n) is 19.6. The Balaban J connectivity index is 1.49. The number of hydrogen-bond acceptors (Lipinski definition) is 3. The van der Waals surface area contributed by atoms with Crippen molar-refractivity contribution in [1.82, 2.24) is 0 Å². The van der Waals surface area contributed by atoms with Gasteiger partial charge in [-0.05, 0) is 67.0 Å². The highest BCUT2D eigenvalue weighted by atomic mass is 79.9. The van der Waals surface area contributed by atoms with Gasteiger partial charge >= 0.3 is 0 Å². The van der Waals surface area contributed by atoms with Crippen molar-refractivity contribution in [2.24, 2.45) is 0 Å². The molecule has 174 valence electrons. The van der Waals surface area contributed by atoms with E-state index in [9.17, 15) is 10.1 Å². The van der Waals surface area contributed by atoms with Gasteiger partial charge in [-0.2, -0.15) is 5.26 Å². The van der Waals surface area contributed by atoms with Gasteiger partial charge in [0, 0.05) is 16.1 Å². The number of carbonyl (C=O) groups is 1. The zero-order chi connectivity index (χ0) is 24.8. The lowest BCUT2D eigenvalue weighted by Gasteiger charge is -2.16. The third-order valence-corrected chi connectivity index (χ3v) is 6.43. The standard InChI is InChI=1S/C30H25BrN2O2/c1-20-15-24(16-25(18-32)30(34)33-27-10-6-9-26(31)17-27)21(2)29(20)23-11-13-28(14-12-23)35-19-22-7-4-3-5-8-22/h3-17,29H,19H2,1-2H3,(H,33,34)/b25-16-/t29-/m1/s1. The van der Waals surface area contributed by atoms with Gasteiger partial charge in [-0.15, -0.1) is 0 Å². The Morgan fingerprint density at radius 2 is 1.80 bits per heavy atom. The summed E-state index contributed by atoms with van der Waals surface area (Å²) >= 11 is 3.39. The number of nitrogens with one attached hydrogen (secondary N) is 1. The molecule has 0 unspecified atom stereocenters. The van der Waals surface area contributed by atoms with E-state index >= 15 is 0 Å². The Hall–Kier alpha value is -3.88. The summed E-state index contributed by atoms with van der Waals surface area (Å²) in [4.78, 5) is 12.7. The van der Waals surface area contributed by atoms with Crippen LogP contribution in [0.1, 0.15) is 30.9 Å². The molecule has 0 aliphatic heterocycles. The third-order valence-electron chi connectivity index (χ3n) is 5.94. The highest BCUT2D eigenvalue weighted by molar-refractivity contribution is 9.10. The lowest BCUT2D eigenvalue weighted by molar-refractivity contribution is -0.112. The first-order valence-corrected chi connectivity index (χ1v) is 12.1. The molecule has 1 aliphatic carbocycles. The molecule has 0 radical (unpaired) electrons. The molecule has 0 spiro atoms. The normalized spacial score (nSPS) is 15.4. The van der Waals surface area contributed by atoms with Crippen LogP contribution in [0, 0.1) is 11.3 Å². The molecule has 0 bridgehead atoms. The number of carbonyl (C=O) groups excluding carboxylic acids is 1. The van der Waals surface area contributed by atoms with Crippen LogP contribution in [0.5, 0.6) is 5.75 Å². The average Bonchev–Trinajstić information content (AvgIpc) is 3.14. The first kappa shape index (κ1) is 24.3. The van der Waals surface area contributed by atoms with Gasteiger partial charge in [0.05, 0.1) is 0 Å². The van der Waals surface area contributed by atoms with Gasteiger partial charge in [0.15, 0.2) is 0 Å². The molecule has 0 heterocycles. The van der Waals surface area contributed by atoms with Gasteiger partial charge in [-0.1, -0.05) is 81.7 Å². The summed E-state index contributed by atoms with van der Waals surface area (Å²) in [6.07, 6.45) is 3.72. The fourth-order valence-corrected chi connectivity index (χ4v) is 4.58. The molecule has 0 aromatic heterocycles. The van der Waals surface area contributed by atoms with E-state index in [4.69, 9.17) is 4.74 Å². The Morgan fingerprint density at radius 3 is 2.49 bits per heavy atom. The molecule has 4 nitrogen and oxygen atoms in total. The number of anilines is 1. The van der Waals surface area contributed by atoms with E-state index in [0.717, 1.165) is 38.1 Å². The number of nitrogens with zero attached hydrogens (tertiary/aromatic N) is 1. The van der Waals surface area contributed by atoms with Crippen LogP contribution in [-0.2, 0) is 11.4 Å². The predicted molar refractivity (Wildman–Crippen MR) is 143 cm³/mol. The molecular formula is C30H25BrN2O2. The second-order valence-corrected chi connectivity index (χ2v) is 9.35. The van der Waals surface area contributed by atoms with Crippen LogP contribution in [0.15, 0.2) is 118 Å². The van der Waals surface area contributed by atoms with E-state index in [2.05, 4.69) is 40.3 Å². The Labute approximate surface area is 214 Å². The van der Waals surface area contributed by atoms with Crippen molar-refractivity contribution < 1.29 is 9.53 Å². The maximum absolute atomic E-state index is 12.7. The van der Waals surface area contributed by atoms with Crippen molar-refractivity contribution in [1.29, 1.82) is 5.26 Å². The Morgan fingerprint density at radius 1 is 1.06 bits per heavy atom. The van der Waals surface area contributed by atoms with Crippen LogP contribution in [0.2, 0.25) is 0 Å². The highest BCUT2D eigenvalue weighted by Gasteiger charge is 2.24. The quantitative estimate of drug-likeness (QED) is 0.257. The second kappa shape index (κ2) is 11.0. The lowest BCUT2D eigenvalue weighted by atomic mass is 9.89. The van der Waals surface area contributed by atoms with E-state index in [-0.39, 0.29) is 11.5 Å². The number of ether oxygens (including phenoxy) is 1. The van der Waals surface area contributed by atoms with Crippen molar-refractivity contribution >= 4 is 27.5 Å². The molecule has 0 fully saturated rings. The summed E-state index contributed by atoms with van der Waals surface area (Å²) < 4.78 is 6.77. The molecule has 4 rings (SSSR count). The number of halogens is 1. The first-order valence-electron chi connectivity index (χ1n) is 11.3. The molecular weight excluding hydrogens is 500 g/mol. The van der Waals surface area contributed by atoms with Gasteiger partial charge in [0.2, 0.25) is 0 Å². The smallest absolute Gasteiger partial charge is 0.266 e. The number of hydrogen-bond donors (Lipinski definition) is 1. The maximum atomic E-state index is 12.7. The van der Waals surface area contributed by atoms with Crippen molar-refractivity contribution in [2.75, 3.05) is 5.32 Å². The topological polar surface area (TPSA) is 62.1 Å². The van der Waals surface area contributed by atoms with Crippen LogP contribution < -0.4 is 10.1 Å². The fourth-order valence-electron chi connectivity index (χ4n) is 4.19. The van der Waals surface area contributed by atoms with E-state index in [0.29, 0.717) is 12.3 Å². The minimum Gasteiger partial charge on any atom is -0.489 e. The molecule has 3 aromatic carbocycles. The largest absolute Gasteiger partial charge is 0.489 e. The summed E-state index contributed by atoms with van der Waals surface area (Å²) in [6, 6.07) is 27.5. The van der Waals surface area contributed by atoms with Crippen LogP contribution in [0.25, 0.3) is 0 Å². The molecule has 0 saturated heterocycles. The van der Waals surface area contributed by atoms with Crippen molar-refractivity contribution in [2.45, 2.75) is 26.4 Å². The summed E-state index contributed by atoms with van der Waals surface area (Å²) in [7, 11) is 0. The molecule has 35 heavy (non-hydrogen) atoms. The van der Waals surface area contributed by atoms with E-state index in [1.54, 1.807) is 18.2 Å². The molecule has 1 aliphatic rings. The Kier molecular flexibility index (Phi) is 7.64. The number of allylic oxidation sites excluding steroid dienone is 5. The highest BCUT2D eigenvalue weighted by Crippen LogP contribution is 2.40. The predicted octanol–water partition coefficient (Wildman–Crippen LogP) is 7.48. The van der Waals surface area contributed by atoms with Crippen molar-refractivity contribution in [3.63, 3.8) is 0 Å². The Bertz CT molecular complexity index is 1360. The van der Waals surface area contributed by atoms with Crippen LogP contribution >= 0.6 is 15.9 Å². The summed E-state index contributed by atoms with van der Waals surface area (Å²) in [5.41, 5.74) is 6.11. The number of rotatable bonds is 7. The third kappa shape index (κ3) is 5.98. The number of benzene rings is 3. The minimum absolute atomic E-state index is 0.0636. The van der Waals surface area contributed by atoms with Gasteiger partial charge < -0.3 is 10.1 Å². The monoisotopic (exact) mass is 524 g/mol. The van der Waals surface area contributed by atoms with Gasteiger partial charge in [0.25, 0.3) is 5.91 Å². The molecule has 1 amide bonds. The van der Waals surface area contributed by atoms with Crippen LogP contribution in [0.3, 0.4) is 0 Å².